The number of ether oxygens (including phenoxy) is 2. The Hall–Kier alpha value is -2.89. The van der Waals surface area contributed by atoms with E-state index in [0.29, 0.717) is 13.2 Å². The molecule has 1 N–H and O–H groups in total. The van der Waals surface area contributed by atoms with E-state index in [1.807, 2.05) is 24.3 Å². The van der Waals surface area contributed by atoms with E-state index in [9.17, 15) is 0 Å². The first-order valence-corrected chi connectivity index (χ1v) is 10.7. The molecule has 0 spiro atoms. The molecule has 0 fully saturated rings. The third-order valence-electron chi connectivity index (χ3n) is 5.14. The second-order valence-corrected chi connectivity index (χ2v) is 8.20. The third kappa shape index (κ3) is 3.71. The summed E-state index contributed by atoms with van der Waals surface area (Å²) < 4.78 is 11.9. The van der Waals surface area contributed by atoms with E-state index in [1.54, 1.807) is 11.3 Å². The van der Waals surface area contributed by atoms with Crippen LogP contribution in [0.3, 0.4) is 0 Å². The van der Waals surface area contributed by atoms with Gasteiger partial charge in [-0.2, -0.15) is 0 Å². The molecule has 3 heterocycles. The maximum absolute atomic E-state index is 6.06. The molecule has 0 saturated carbocycles. The molecule has 2 aromatic carbocycles. The number of para-hydroxylation sites is 3. The predicted octanol–water partition coefficient (Wildman–Crippen LogP) is 5.20. The van der Waals surface area contributed by atoms with Gasteiger partial charge in [-0.3, -0.25) is 0 Å². The molecule has 0 amide bonds. The fourth-order valence-electron chi connectivity index (χ4n) is 3.68. The van der Waals surface area contributed by atoms with Crippen LogP contribution in [0.15, 0.2) is 66.0 Å². The lowest BCUT2D eigenvalue weighted by atomic mass is 10.1. The van der Waals surface area contributed by atoms with Gasteiger partial charge in [0, 0.05) is 18.5 Å². The van der Waals surface area contributed by atoms with Gasteiger partial charge in [0.25, 0.3) is 0 Å². The summed E-state index contributed by atoms with van der Waals surface area (Å²) >= 11 is 1.72. The second-order valence-electron chi connectivity index (χ2n) is 7.25. The molecule has 5 rings (SSSR count). The van der Waals surface area contributed by atoms with Gasteiger partial charge in [0.1, 0.15) is 12.7 Å². The average Bonchev–Trinajstić information content (AvgIpc) is 3.28. The summed E-state index contributed by atoms with van der Waals surface area (Å²) in [5.41, 5.74) is 4.52. The van der Waals surface area contributed by atoms with Gasteiger partial charge in [0.05, 0.1) is 16.1 Å². The zero-order valence-corrected chi connectivity index (χ0v) is 17.0. The molecule has 146 valence electrons. The lowest BCUT2D eigenvalue weighted by Crippen LogP contribution is -2.38. The van der Waals surface area contributed by atoms with Crippen molar-refractivity contribution in [2.75, 3.05) is 13.2 Å². The molecule has 0 aliphatic carbocycles. The first-order valence-electron chi connectivity index (χ1n) is 9.80. The lowest BCUT2D eigenvalue weighted by molar-refractivity contribution is 0.0902. The van der Waals surface area contributed by atoms with Crippen molar-refractivity contribution in [3.05, 3.63) is 77.2 Å². The molecule has 29 heavy (non-hydrogen) atoms. The zero-order valence-electron chi connectivity index (χ0n) is 16.2. The summed E-state index contributed by atoms with van der Waals surface area (Å²) in [5.74, 6) is 1.63. The van der Waals surface area contributed by atoms with Crippen molar-refractivity contribution < 1.29 is 9.47 Å². The molecular weight excluding hydrogens is 380 g/mol. The van der Waals surface area contributed by atoms with Gasteiger partial charge >= 0.3 is 0 Å². The molecule has 2 aromatic heterocycles. The van der Waals surface area contributed by atoms with Crippen molar-refractivity contribution in [3.8, 4) is 22.1 Å². The van der Waals surface area contributed by atoms with E-state index in [1.165, 1.54) is 21.4 Å². The van der Waals surface area contributed by atoms with Gasteiger partial charge in [-0.15, -0.1) is 11.3 Å². The number of aromatic nitrogens is 1. The molecule has 1 aliphatic heterocycles. The third-order valence-corrected chi connectivity index (χ3v) is 6.01. The highest BCUT2D eigenvalue weighted by Gasteiger charge is 2.20. The number of nitrogens with zero attached hydrogens (tertiary/aromatic N) is 1. The smallest absolute Gasteiger partial charge is 0.161 e. The summed E-state index contributed by atoms with van der Waals surface area (Å²) in [6, 6.07) is 20.6. The molecule has 4 aromatic rings. The average molecular weight is 403 g/mol. The zero-order chi connectivity index (χ0) is 19.6. The number of thiophene rings is 1. The Kier molecular flexibility index (Phi) is 4.92. The molecule has 0 radical (unpaired) electrons. The van der Waals surface area contributed by atoms with Crippen LogP contribution in [-0.4, -0.2) is 24.2 Å². The van der Waals surface area contributed by atoms with Crippen molar-refractivity contribution in [1.82, 2.24) is 10.3 Å². The van der Waals surface area contributed by atoms with Gasteiger partial charge in [-0.05, 0) is 47.7 Å². The van der Waals surface area contributed by atoms with Crippen molar-refractivity contribution >= 4 is 22.2 Å². The maximum atomic E-state index is 6.06. The monoisotopic (exact) mass is 402 g/mol. The first-order chi connectivity index (χ1) is 14.3. The normalized spacial score (nSPS) is 15.6. The second kappa shape index (κ2) is 7.85. The van der Waals surface area contributed by atoms with Crippen LogP contribution < -0.4 is 14.8 Å². The number of benzene rings is 2. The molecule has 0 saturated heterocycles. The summed E-state index contributed by atoms with van der Waals surface area (Å²) in [4.78, 5) is 6.22. The summed E-state index contributed by atoms with van der Waals surface area (Å²) in [6.45, 7) is 4.11. The lowest BCUT2D eigenvalue weighted by Gasteiger charge is -2.26. The number of aryl methyl sites for hydroxylation is 1. The number of nitrogens with one attached hydrogen (secondary N) is 1. The number of hydrogen-bond donors (Lipinski definition) is 1. The maximum Gasteiger partial charge on any atom is 0.161 e. The van der Waals surface area contributed by atoms with E-state index < -0.39 is 0 Å². The van der Waals surface area contributed by atoms with E-state index in [-0.39, 0.29) is 6.10 Å². The molecule has 5 heteroatoms. The van der Waals surface area contributed by atoms with Crippen molar-refractivity contribution in [2.24, 2.45) is 0 Å². The van der Waals surface area contributed by atoms with Crippen molar-refractivity contribution in [3.63, 3.8) is 0 Å². The Labute approximate surface area is 174 Å². The summed E-state index contributed by atoms with van der Waals surface area (Å²) in [5, 5.41) is 6.82. The van der Waals surface area contributed by atoms with Crippen LogP contribution in [0, 0.1) is 6.92 Å². The highest BCUT2D eigenvalue weighted by atomic mass is 32.1. The van der Waals surface area contributed by atoms with Crippen LogP contribution in [0.1, 0.15) is 11.1 Å². The molecule has 0 unspecified atom stereocenters. The fourth-order valence-corrected chi connectivity index (χ4v) is 4.43. The molecule has 0 bridgehead atoms. The Morgan fingerprint density at radius 1 is 1.07 bits per heavy atom. The quantitative estimate of drug-likeness (QED) is 0.498. The van der Waals surface area contributed by atoms with Gasteiger partial charge in [-0.25, -0.2) is 4.98 Å². The van der Waals surface area contributed by atoms with Crippen LogP contribution >= 0.6 is 11.3 Å². The molecule has 1 aliphatic rings. The Bertz CT molecular complexity index is 1140. The highest BCUT2D eigenvalue weighted by molar-refractivity contribution is 7.13. The Balaban J connectivity index is 1.35. The minimum Gasteiger partial charge on any atom is -0.486 e. The van der Waals surface area contributed by atoms with Crippen molar-refractivity contribution in [2.45, 2.75) is 19.6 Å². The number of fused-ring (bicyclic) bond motifs is 2. The topological polar surface area (TPSA) is 43.4 Å². The van der Waals surface area contributed by atoms with Gasteiger partial charge in [0.2, 0.25) is 0 Å². The van der Waals surface area contributed by atoms with E-state index in [4.69, 9.17) is 14.5 Å². The Morgan fingerprint density at radius 2 is 1.97 bits per heavy atom. The van der Waals surface area contributed by atoms with Crippen molar-refractivity contribution in [1.29, 1.82) is 0 Å². The molecular formula is C24H22N2O2S. The molecule has 1 atom stereocenters. The van der Waals surface area contributed by atoms with Crippen LogP contribution in [0.25, 0.3) is 21.5 Å². The predicted molar refractivity (Wildman–Crippen MR) is 118 cm³/mol. The molecule has 4 nitrogen and oxygen atoms in total. The number of rotatable bonds is 5. The van der Waals surface area contributed by atoms with Gasteiger partial charge < -0.3 is 14.8 Å². The standard InChI is InChI=1S/C24H22N2O2S/c1-16-6-4-7-17-12-18(24(26-23(16)17)22-10-5-11-29-22)13-25-14-19-15-27-20-8-2-3-9-21(20)28-19/h2-12,19,25H,13-15H2,1H3/t19-/m1/s1. The van der Waals surface area contributed by atoms with Gasteiger partial charge in [0.15, 0.2) is 11.5 Å². The Morgan fingerprint density at radius 3 is 2.83 bits per heavy atom. The van der Waals surface area contributed by atoms with E-state index in [0.717, 1.165) is 29.3 Å². The SMILES string of the molecule is Cc1cccc2cc(CNC[C@@H]3COc4ccccc4O3)c(-c3cccs3)nc12. The van der Waals surface area contributed by atoms with Crippen LogP contribution in [-0.2, 0) is 6.54 Å². The van der Waals surface area contributed by atoms with E-state index >= 15 is 0 Å². The van der Waals surface area contributed by atoms with E-state index in [2.05, 4.69) is 54.0 Å². The minimum atomic E-state index is -0.00857. The first kappa shape index (κ1) is 18.2. The fraction of sp³-hybridized carbons (Fsp3) is 0.208. The largest absolute Gasteiger partial charge is 0.486 e. The van der Waals surface area contributed by atoms with Crippen LogP contribution in [0.5, 0.6) is 11.5 Å². The number of pyridine rings is 1. The highest BCUT2D eigenvalue weighted by Crippen LogP contribution is 2.32. The minimum absolute atomic E-state index is 0.00857. The van der Waals surface area contributed by atoms with Gasteiger partial charge in [-0.1, -0.05) is 36.4 Å². The van der Waals surface area contributed by atoms with Crippen LogP contribution in [0.4, 0.5) is 0 Å². The number of hydrogen-bond acceptors (Lipinski definition) is 5. The summed E-state index contributed by atoms with van der Waals surface area (Å²) in [7, 11) is 0. The van der Waals surface area contributed by atoms with Crippen LogP contribution in [0.2, 0.25) is 0 Å². The summed E-state index contributed by atoms with van der Waals surface area (Å²) in [6.07, 6.45) is -0.00857.